The van der Waals surface area contributed by atoms with E-state index in [-0.39, 0.29) is 0 Å². The second-order valence-electron chi connectivity index (χ2n) is 5.25. The number of hydrogen-bond acceptors (Lipinski definition) is 3. The summed E-state index contributed by atoms with van der Waals surface area (Å²) in [4.78, 5) is 7.06. The Morgan fingerprint density at radius 3 is 2.83 bits per heavy atom. The number of rotatable bonds is 6. The highest BCUT2D eigenvalue weighted by atomic mass is 15.2. The van der Waals surface area contributed by atoms with Crippen LogP contribution in [0.4, 0.5) is 0 Å². The van der Waals surface area contributed by atoms with Gasteiger partial charge < -0.3 is 10.3 Å². The molecular weight excluding hydrogens is 224 g/mol. The van der Waals surface area contributed by atoms with Crippen molar-refractivity contribution in [2.75, 3.05) is 13.1 Å². The van der Waals surface area contributed by atoms with E-state index in [9.17, 15) is 0 Å². The van der Waals surface area contributed by atoms with E-state index in [1.165, 1.54) is 37.8 Å². The van der Waals surface area contributed by atoms with Crippen molar-refractivity contribution in [3.05, 3.63) is 18.2 Å². The zero-order valence-electron chi connectivity index (χ0n) is 11.5. The van der Waals surface area contributed by atoms with Crippen LogP contribution in [0.25, 0.3) is 0 Å². The van der Waals surface area contributed by atoms with Crippen molar-refractivity contribution in [2.45, 2.75) is 58.2 Å². The third-order valence-corrected chi connectivity index (χ3v) is 3.94. The number of nitrogens with zero attached hydrogens (tertiary/aromatic N) is 3. The van der Waals surface area contributed by atoms with Gasteiger partial charge in [-0.3, -0.25) is 4.90 Å². The van der Waals surface area contributed by atoms with E-state index in [0.717, 1.165) is 25.7 Å². The van der Waals surface area contributed by atoms with Gasteiger partial charge in [-0.25, -0.2) is 4.98 Å². The first-order valence-corrected chi connectivity index (χ1v) is 7.28. The third-order valence-electron chi connectivity index (χ3n) is 3.94. The van der Waals surface area contributed by atoms with Crippen molar-refractivity contribution >= 4 is 0 Å². The van der Waals surface area contributed by atoms with E-state index in [1.807, 2.05) is 6.33 Å². The van der Waals surface area contributed by atoms with E-state index >= 15 is 0 Å². The molecule has 2 rings (SSSR count). The molecule has 4 heteroatoms. The molecular formula is C14H26N4. The van der Waals surface area contributed by atoms with E-state index in [2.05, 4.69) is 27.6 Å². The Labute approximate surface area is 110 Å². The first-order valence-electron chi connectivity index (χ1n) is 7.28. The Balaban J connectivity index is 1.91. The van der Waals surface area contributed by atoms with Gasteiger partial charge in [-0.15, -0.1) is 0 Å². The number of aromatic nitrogens is 2. The lowest BCUT2D eigenvalue weighted by Gasteiger charge is -2.32. The standard InChI is InChI=1S/C14H26N4/c1-2-18(14-6-4-3-5-7-14)11-13-10-17(9-8-15)12-16-13/h10,12,14H,2-9,11,15H2,1H3. The average molecular weight is 250 g/mol. The van der Waals surface area contributed by atoms with E-state index in [1.54, 1.807) is 0 Å². The topological polar surface area (TPSA) is 47.1 Å². The monoisotopic (exact) mass is 250 g/mol. The SMILES string of the molecule is CCN(Cc1cn(CCN)cn1)C1CCCCC1. The highest BCUT2D eigenvalue weighted by Gasteiger charge is 2.20. The van der Waals surface area contributed by atoms with E-state index in [0.29, 0.717) is 6.54 Å². The van der Waals surface area contributed by atoms with Crippen LogP contribution >= 0.6 is 0 Å². The van der Waals surface area contributed by atoms with Gasteiger partial charge in [0.2, 0.25) is 0 Å². The van der Waals surface area contributed by atoms with Crippen LogP contribution in [0.5, 0.6) is 0 Å². The van der Waals surface area contributed by atoms with Gasteiger partial charge in [0.15, 0.2) is 0 Å². The molecule has 0 amide bonds. The van der Waals surface area contributed by atoms with Crippen LogP contribution in [-0.2, 0) is 13.1 Å². The molecule has 1 saturated carbocycles. The van der Waals surface area contributed by atoms with Crippen molar-refractivity contribution in [1.29, 1.82) is 0 Å². The molecule has 1 aliphatic rings. The average Bonchev–Trinajstić information content (AvgIpc) is 2.85. The molecule has 1 aromatic heterocycles. The second kappa shape index (κ2) is 6.90. The van der Waals surface area contributed by atoms with Crippen LogP contribution < -0.4 is 5.73 Å². The predicted molar refractivity (Wildman–Crippen MR) is 74.2 cm³/mol. The van der Waals surface area contributed by atoms with Crippen molar-refractivity contribution in [3.8, 4) is 0 Å². The van der Waals surface area contributed by atoms with Crippen LogP contribution in [0, 0.1) is 0 Å². The summed E-state index contributed by atoms with van der Waals surface area (Å²) in [6.07, 6.45) is 11.0. The highest BCUT2D eigenvalue weighted by Crippen LogP contribution is 2.23. The quantitative estimate of drug-likeness (QED) is 0.840. The first-order chi connectivity index (χ1) is 8.83. The molecule has 102 valence electrons. The fourth-order valence-corrected chi connectivity index (χ4v) is 2.91. The molecule has 0 atom stereocenters. The Morgan fingerprint density at radius 1 is 1.39 bits per heavy atom. The summed E-state index contributed by atoms with van der Waals surface area (Å²) in [5.74, 6) is 0. The van der Waals surface area contributed by atoms with Crippen molar-refractivity contribution in [1.82, 2.24) is 14.5 Å². The normalized spacial score (nSPS) is 17.5. The van der Waals surface area contributed by atoms with Gasteiger partial charge in [-0.2, -0.15) is 0 Å². The van der Waals surface area contributed by atoms with Crippen LogP contribution in [-0.4, -0.2) is 33.6 Å². The van der Waals surface area contributed by atoms with Gasteiger partial charge in [0.05, 0.1) is 12.0 Å². The molecule has 1 fully saturated rings. The van der Waals surface area contributed by atoms with Crippen molar-refractivity contribution < 1.29 is 0 Å². The molecule has 0 unspecified atom stereocenters. The highest BCUT2D eigenvalue weighted by molar-refractivity contribution is 4.97. The maximum Gasteiger partial charge on any atom is 0.0950 e. The minimum Gasteiger partial charge on any atom is -0.336 e. The van der Waals surface area contributed by atoms with Crippen LogP contribution in [0.15, 0.2) is 12.5 Å². The number of hydrogen-bond donors (Lipinski definition) is 1. The minimum atomic E-state index is 0.677. The smallest absolute Gasteiger partial charge is 0.0950 e. The molecule has 0 aromatic carbocycles. The van der Waals surface area contributed by atoms with Crippen molar-refractivity contribution in [3.63, 3.8) is 0 Å². The van der Waals surface area contributed by atoms with Gasteiger partial charge in [0, 0.05) is 31.9 Å². The van der Waals surface area contributed by atoms with E-state index < -0.39 is 0 Å². The Bertz CT molecular complexity index is 341. The summed E-state index contributed by atoms with van der Waals surface area (Å²) in [7, 11) is 0. The first kappa shape index (κ1) is 13.6. The minimum absolute atomic E-state index is 0.677. The summed E-state index contributed by atoms with van der Waals surface area (Å²) in [6.45, 7) is 5.90. The Morgan fingerprint density at radius 2 is 2.17 bits per heavy atom. The Hall–Kier alpha value is -0.870. The zero-order valence-corrected chi connectivity index (χ0v) is 11.5. The van der Waals surface area contributed by atoms with Gasteiger partial charge in [0.1, 0.15) is 0 Å². The fourth-order valence-electron chi connectivity index (χ4n) is 2.91. The molecule has 4 nitrogen and oxygen atoms in total. The summed E-state index contributed by atoms with van der Waals surface area (Å²) >= 11 is 0. The molecule has 1 aliphatic carbocycles. The molecule has 1 heterocycles. The van der Waals surface area contributed by atoms with E-state index in [4.69, 9.17) is 5.73 Å². The summed E-state index contributed by atoms with van der Waals surface area (Å²) in [5.41, 5.74) is 6.73. The van der Waals surface area contributed by atoms with Gasteiger partial charge in [-0.05, 0) is 19.4 Å². The van der Waals surface area contributed by atoms with Crippen molar-refractivity contribution in [2.24, 2.45) is 5.73 Å². The van der Waals surface area contributed by atoms with Gasteiger partial charge in [-0.1, -0.05) is 26.2 Å². The molecule has 2 N–H and O–H groups in total. The van der Waals surface area contributed by atoms with Crippen LogP contribution in [0.2, 0.25) is 0 Å². The molecule has 0 saturated heterocycles. The Kier molecular flexibility index (Phi) is 5.20. The maximum absolute atomic E-state index is 5.56. The van der Waals surface area contributed by atoms with Crippen LogP contribution in [0.1, 0.15) is 44.7 Å². The molecule has 0 spiro atoms. The largest absolute Gasteiger partial charge is 0.336 e. The van der Waals surface area contributed by atoms with Gasteiger partial charge in [0.25, 0.3) is 0 Å². The van der Waals surface area contributed by atoms with Crippen LogP contribution in [0.3, 0.4) is 0 Å². The predicted octanol–water partition coefficient (Wildman–Crippen LogP) is 2.00. The molecule has 0 aliphatic heterocycles. The number of imidazole rings is 1. The molecule has 1 aromatic rings. The number of nitrogens with two attached hydrogens (primary N) is 1. The summed E-state index contributed by atoms with van der Waals surface area (Å²) in [6, 6.07) is 0.767. The second-order valence-corrected chi connectivity index (χ2v) is 5.25. The third kappa shape index (κ3) is 3.56. The molecule has 0 radical (unpaired) electrons. The molecule has 18 heavy (non-hydrogen) atoms. The zero-order chi connectivity index (χ0) is 12.8. The summed E-state index contributed by atoms with van der Waals surface area (Å²) < 4.78 is 2.09. The lowest BCUT2D eigenvalue weighted by Crippen LogP contribution is -2.36. The lowest BCUT2D eigenvalue weighted by atomic mass is 9.94. The lowest BCUT2D eigenvalue weighted by molar-refractivity contribution is 0.154. The molecule has 0 bridgehead atoms. The maximum atomic E-state index is 5.56. The van der Waals surface area contributed by atoms with Gasteiger partial charge >= 0.3 is 0 Å². The fraction of sp³-hybridized carbons (Fsp3) is 0.786. The summed E-state index contributed by atoms with van der Waals surface area (Å²) in [5, 5.41) is 0.